The minimum Gasteiger partial charge on any atom is -0.392 e. The first-order chi connectivity index (χ1) is 8.16. The molecular formula is C13H17BrClNO. The van der Waals surface area contributed by atoms with Crippen molar-refractivity contribution >= 4 is 27.5 Å². The van der Waals surface area contributed by atoms with E-state index in [1.165, 1.54) is 6.42 Å². The normalized spacial score (nSPS) is 24.9. The molecule has 2 atom stereocenters. The first-order valence-corrected chi connectivity index (χ1v) is 7.19. The van der Waals surface area contributed by atoms with Gasteiger partial charge in [-0.05, 0) is 30.5 Å². The molecule has 2 nitrogen and oxygen atoms in total. The molecule has 0 aromatic heterocycles. The van der Waals surface area contributed by atoms with Crippen LogP contribution in [0.3, 0.4) is 0 Å². The summed E-state index contributed by atoms with van der Waals surface area (Å²) in [6.45, 7) is 0.716. The number of aliphatic hydroxyl groups is 1. The van der Waals surface area contributed by atoms with E-state index in [0.29, 0.717) is 6.54 Å². The van der Waals surface area contributed by atoms with E-state index in [0.717, 1.165) is 34.3 Å². The van der Waals surface area contributed by atoms with E-state index < -0.39 is 0 Å². The Morgan fingerprint density at radius 1 is 1.35 bits per heavy atom. The molecule has 17 heavy (non-hydrogen) atoms. The predicted molar refractivity (Wildman–Crippen MR) is 74.3 cm³/mol. The molecule has 4 heteroatoms. The molecule has 1 aliphatic rings. The molecule has 1 fully saturated rings. The van der Waals surface area contributed by atoms with Crippen LogP contribution >= 0.6 is 27.5 Å². The molecule has 1 aromatic carbocycles. The van der Waals surface area contributed by atoms with Crippen molar-refractivity contribution < 1.29 is 5.11 Å². The third-order valence-corrected chi connectivity index (χ3v) is 4.14. The Hall–Kier alpha value is -0.0900. The maximum Gasteiger partial charge on any atom is 0.0693 e. The average Bonchev–Trinajstić information content (AvgIpc) is 2.30. The van der Waals surface area contributed by atoms with E-state index in [1.54, 1.807) is 0 Å². The summed E-state index contributed by atoms with van der Waals surface area (Å²) in [5.41, 5.74) is 1.08. The van der Waals surface area contributed by atoms with Gasteiger partial charge >= 0.3 is 0 Å². The van der Waals surface area contributed by atoms with Crippen molar-refractivity contribution in [1.82, 2.24) is 5.32 Å². The highest BCUT2D eigenvalue weighted by molar-refractivity contribution is 9.10. The maximum atomic E-state index is 9.86. The van der Waals surface area contributed by atoms with Gasteiger partial charge in [0.25, 0.3) is 0 Å². The molecule has 0 amide bonds. The molecule has 1 aromatic rings. The first-order valence-electron chi connectivity index (χ1n) is 6.02. The van der Waals surface area contributed by atoms with E-state index >= 15 is 0 Å². The van der Waals surface area contributed by atoms with Crippen molar-refractivity contribution in [1.29, 1.82) is 0 Å². The molecule has 2 unspecified atom stereocenters. The largest absolute Gasteiger partial charge is 0.392 e. The van der Waals surface area contributed by atoms with Crippen LogP contribution in [0.1, 0.15) is 31.2 Å². The predicted octanol–water partition coefficient (Wildman–Crippen LogP) is 3.50. The van der Waals surface area contributed by atoms with Crippen molar-refractivity contribution in [2.45, 2.75) is 44.4 Å². The third-order valence-electron chi connectivity index (χ3n) is 3.30. The molecule has 0 spiro atoms. The van der Waals surface area contributed by atoms with E-state index in [4.69, 9.17) is 11.6 Å². The minimum absolute atomic E-state index is 0.210. The van der Waals surface area contributed by atoms with Gasteiger partial charge < -0.3 is 10.4 Å². The molecule has 1 aliphatic carbocycles. The molecule has 0 bridgehead atoms. The summed E-state index contributed by atoms with van der Waals surface area (Å²) in [4.78, 5) is 0. The van der Waals surface area contributed by atoms with Gasteiger partial charge in [0.05, 0.1) is 6.10 Å². The smallest absolute Gasteiger partial charge is 0.0693 e. The van der Waals surface area contributed by atoms with Crippen LogP contribution in [0.4, 0.5) is 0 Å². The molecule has 94 valence electrons. The van der Waals surface area contributed by atoms with Crippen LogP contribution in [0.5, 0.6) is 0 Å². The molecule has 1 saturated carbocycles. The van der Waals surface area contributed by atoms with Crippen LogP contribution in [-0.4, -0.2) is 17.3 Å². The van der Waals surface area contributed by atoms with Crippen molar-refractivity contribution in [3.05, 3.63) is 33.3 Å². The van der Waals surface area contributed by atoms with E-state index in [-0.39, 0.29) is 12.1 Å². The molecule has 0 aliphatic heterocycles. The van der Waals surface area contributed by atoms with Gasteiger partial charge in [-0.1, -0.05) is 46.4 Å². The Labute approximate surface area is 115 Å². The summed E-state index contributed by atoms with van der Waals surface area (Å²) in [6, 6.07) is 6.11. The Bertz CT molecular complexity index is 386. The molecule has 2 N–H and O–H groups in total. The fourth-order valence-electron chi connectivity index (χ4n) is 2.26. The van der Waals surface area contributed by atoms with Crippen molar-refractivity contribution in [3.8, 4) is 0 Å². The average molecular weight is 319 g/mol. The summed E-state index contributed by atoms with van der Waals surface area (Å²) in [6.07, 6.45) is 4.08. The van der Waals surface area contributed by atoms with E-state index in [2.05, 4.69) is 21.2 Å². The molecule has 2 rings (SSSR count). The number of nitrogens with one attached hydrogen (secondary N) is 1. The van der Waals surface area contributed by atoms with Crippen LogP contribution in [-0.2, 0) is 6.54 Å². The monoisotopic (exact) mass is 317 g/mol. The Balaban J connectivity index is 1.92. The van der Waals surface area contributed by atoms with Gasteiger partial charge in [0.1, 0.15) is 0 Å². The second kappa shape index (κ2) is 6.19. The summed E-state index contributed by atoms with van der Waals surface area (Å²) in [5, 5.41) is 14.0. The Kier molecular flexibility index (Phi) is 4.86. The van der Waals surface area contributed by atoms with Crippen LogP contribution in [0.2, 0.25) is 5.02 Å². The van der Waals surface area contributed by atoms with Gasteiger partial charge in [0, 0.05) is 22.1 Å². The fraction of sp³-hybridized carbons (Fsp3) is 0.538. The molecule has 0 saturated heterocycles. The zero-order valence-corrected chi connectivity index (χ0v) is 12.0. The number of benzene rings is 1. The maximum absolute atomic E-state index is 9.86. The van der Waals surface area contributed by atoms with Gasteiger partial charge in [-0.2, -0.15) is 0 Å². The molecular weight excluding hydrogens is 302 g/mol. The summed E-state index contributed by atoms with van der Waals surface area (Å²) < 4.78 is 0.990. The van der Waals surface area contributed by atoms with Crippen molar-refractivity contribution in [2.24, 2.45) is 0 Å². The number of aliphatic hydroxyl groups excluding tert-OH is 1. The van der Waals surface area contributed by atoms with Gasteiger partial charge in [-0.15, -0.1) is 0 Å². The lowest BCUT2D eigenvalue weighted by Gasteiger charge is -2.28. The lowest BCUT2D eigenvalue weighted by Crippen LogP contribution is -2.41. The quantitative estimate of drug-likeness (QED) is 0.894. The van der Waals surface area contributed by atoms with Crippen LogP contribution in [0, 0.1) is 0 Å². The number of rotatable bonds is 3. The van der Waals surface area contributed by atoms with E-state index in [9.17, 15) is 5.11 Å². The van der Waals surface area contributed by atoms with Gasteiger partial charge in [-0.3, -0.25) is 0 Å². The number of halogens is 2. The summed E-state index contributed by atoms with van der Waals surface area (Å²) in [5.74, 6) is 0. The van der Waals surface area contributed by atoms with Crippen molar-refractivity contribution in [3.63, 3.8) is 0 Å². The lowest BCUT2D eigenvalue weighted by atomic mass is 9.92. The highest BCUT2D eigenvalue weighted by Crippen LogP contribution is 2.23. The third kappa shape index (κ3) is 3.68. The van der Waals surface area contributed by atoms with Crippen LogP contribution in [0.25, 0.3) is 0 Å². The lowest BCUT2D eigenvalue weighted by molar-refractivity contribution is 0.0902. The van der Waals surface area contributed by atoms with E-state index in [1.807, 2.05) is 18.2 Å². The van der Waals surface area contributed by atoms with Gasteiger partial charge in [0.2, 0.25) is 0 Å². The highest BCUT2D eigenvalue weighted by atomic mass is 79.9. The summed E-state index contributed by atoms with van der Waals surface area (Å²) in [7, 11) is 0. The zero-order valence-electron chi connectivity index (χ0n) is 9.63. The Morgan fingerprint density at radius 3 is 2.82 bits per heavy atom. The van der Waals surface area contributed by atoms with Crippen molar-refractivity contribution in [2.75, 3.05) is 0 Å². The number of hydrogen-bond donors (Lipinski definition) is 2. The second-order valence-corrected chi connectivity index (χ2v) is 5.90. The molecule has 0 heterocycles. The number of hydrogen-bond acceptors (Lipinski definition) is 2. The molecule has 0 radical (unpaired) electrons. The van der Waals surface area contributed by atoms with Gasteiger partial charge in [0.15, 0.2) is 0 Å². The highest BCUT2D eigenvalue weighted by Gasteiger charge is 2.22. The minimum atomic E-state index is -0.210. The van der Waals surface area contributed by atoms with Crippen LogP contribution in [0.15, 0.2) is 22.7 Å². The fourth-order valence-corrected chi connectivity index (χ4v) is 3.00. The zero-order chi connectivity index (χ0) is 12.3. The SMILES string of the molecule is OC1CCCCC1NCc1ccc(Br)cc1Cl. The van der Waals surface area contributed by atoms with Crippen LogP contribution < -0.4 is 5.32 Å². The topological polar surface area (TPSA) is 32.3 Å². The standard InChI is InChI=1S/C13H17BrClNO/c14-10-6-5-9(11(15)7-10)8-16-12-3-1-2-4-13(12)17/h5-7,12-13,16-17H,1-4,8H2. The first kappa shape index (κ1) is 13.3. The van der Waals surface area contributed by atoms with Gasteiger partial charge in [-0.25, -0.2) is 0 Å². The second-order valence-electron chi connectivity index (χ2n) is 4.57. The summed E-state index contributed by atoms with van der Waals surface area (Å²) >= 11 is 9.54. The Morgan fingerprint density at radius 2 is 2.12 bits per heavy atom.